The monoisotopic (exact) mass is 388 g/mol. The van der Waals surface area contributed by atoms with Crippen LogP contribution in [0.25, 0.3) is 10.9 Å². The first-order valence-electron chi connectivity index (χ1n) is 7.28. The predicted molar refractivity (Wildman–Crippen MR) is 99.9 cm³/mol. The van der Waals surface area contributed by atoms with Gasteiger partial charge >= 0.3 is 0 Å². The van der Waals surface area contributed by atoms with Crippen molar-refractivity contribution >= 4 is 51.9 Å². The molecule has 3 aromatic rings. The minimum Gasteiger partial charge on any atom is -0.267 e. The number of nitro groups is 1. The summed E-state index contributed by atoms with van der Waals surface area (Å²) in [5, 5.41) is 15.7. The zero-order chi connectivity index (χ0) is 18.7. The van der Waals surface area contributed by atoms with E-state index in [4.69, 9.17) is 23.2 Å². The minimum absolute atomic E-state index is 0.0745. The molecule has 26 heavy (non-hydrogen) atoms. The van der Waals surface area contributed by atoms with Gasteiger partial charge in [-0.05, 0) is 24.3 Å². The van der Waals surface area contributed by atoms with Crippen LogP contribution in [-0.4, -0.2) is 22.0 Å². The summed E-state index contributed by atoms with van der Waals surface area (Å²) in [6, 6.07) is 12.5. The Morgan fingerprint density at radius 3 is 2.69 bits per heavy atom. The smallest absolute Gasteiger partial charge is 0.267 e. The largest absolute Gasteiger partial charge is 0.272 e. The molecule has 0 saturated heterocycles. The van der Waals surface area contributed by atoms with E-state index in [-0.39, 0.29) is 10.8 Å². The summed E-state index contributed by atoms with van der Waals surface area (Å²) in [5.41, 5.74) is 3.42. The summed E-state index contributed by atoms with van der Waals surface area (Å²) in [5.74, 6) is -0.465. The van der Waals surface area contributed by atoms with Crippen molar-refractivity contribution in [3.8, 4) is 0 Å². The van der Waals surface area contributed by atoms with E-state index < -0.39 is 10.8 Å². The van der Waals surface area contributed by atoms with E-state index in [1.165, 1.54) is 18.3 Å². The second-order valence-corrected chi connectivity index (χ2v) is 5.95. The van der Waals surface area contributed by atoms with E-state index in [0.29, 0.717) is 27.1 Å². The van der Waals surface area contributed by atoms with Crippen LogP contribution in [0.4, 0.5) is 5.69 Å². The van der Waals surface area contributed by atoms with Crippen LogP contribution in [0.1, 0.15) is 15.9 Å². The second-order valence-electron chi connectivity index (χ2n) is 5.18. The van der Waals surface area contributed by atoms with Gasteiger partial charge < -0.3 is 0 Å². The van der Waals surface area contributed by atoms with Crippen LogP contribution in [0.3, 0.4) is 0 Å². The molecule has 0 atom stereocenters. The standard InChI is InChI=1S/C17H10Cl2N4O3/c18-14-4-2-1-3-13(14)17(24)22-20-9-11-7-10-5-6-12(23(25)26)8-15(10)21-16(11)19/h1-9H,(H,22,24)/b20-9-. The number of amides is 1. The van der Waals surface area contributed by atoms with E-state index in [1.807, 2.05) is 0 Å². The normalized spacial score (nSPS) is 11.0. The van der Waals surface area contributed by atoms with E-state index >= 15 is 0 Å². The fourth-order valence-corrected chi connectivity index (χ4v) is 2.63. The predicted octanol–water partition coefficient (Wildman–Crippen LogP) is 4.21. The molecule has 0 aliphatic rings. The number of benzene rings is 2. The number of hydrazone groups is 1. The summed E-state index contributed by atoms with van der Waals surface area (Å²) < 4.78 is 0. The number of non-ortho nitro benzene ring substituents is 1. The van der Waals surface area contributed by atoms with Crippen LogP contribution in [0.15, 0.2) is 53.6 Å². The first-order valence-corrected chi connectivity index (χ1v) is 8.04. The van der Waals surface area contributed by atoms with Gasteiger partial charge in [0.05, 0.1) is 27.2 Å². The maximum Gasteiger partial charge on any atom is 0.272 e. The van der Waals surface area contributed by atoms with Crippen LogP contribution < -0.4 is 5.43 Å². The van der Waals surface area contributed by atoms with Crippen molar-refractivity contribution in [1.82, 2.24) is 10.4 Å². The topological polar surface area (TPSA) is 97.5 Å². The molecule has 2 aromatic carbocycles. The molecule has 1 N–H and O–H groups in total. The second kappa shape index (κ2) is 7.47. The van der Waals surface area contributed by atoms with Crippen LogP contribution >= 0.6 is 23.2 Å². The molecule has 7 nitrogen and oxygen atoms in total. The van der Waals surface area contributed by atoms with Crippen molar-refractivity contribution in [2.45, 2.75) is 0 Å². The maximum absolute atomic E-state index is 12.0. The highest BCUT2D eigenvalue weighted by atomic mass is 35.5. The van der Waals surface area contributed by atoms with Crippen LogP contribution in [-0.2, 0) is 0 Å². The van der Waals surface area contributed by atoms with Gasteiger partial charge in [0.15, 0.2) is 0 Å². The van der Waals surface area contributed by atoms with Crippen LogP contribution in [0.2, 0.25) is 10.2 Å². The highest BCUT2D eigenvalue weighted by Crippen LogP contribution is 2.23. The average Bonchev–Trinajstić information content (AvgIpc) is 2.61. The summed E-state index contributed by atoms with van der Waals surface area (Å²) in [6.07, 6.45) is 1.34. The summed E-state index contributed by atoms with van der Waals surface area (Å²) in [4.78, 5) is 26.5. The number of nitrogens with zero attached hydrogens (tertiary/aromatic N) is 3. The molecule has 130 valence electrons. The Kier molecular flexibility index (Phi) is 5.11. The molecule has 0 saturated carbocycles. The van der Waals surface area contributed by atoms with Crippen molar-refractivity contribution in [3.63, 3.8) is 0 Å². The molecule has 0 aliphatic carbocycles. The quantitative estimate of drug-likeness (QED) is 0.313. The van der Waals surface area contributed by atoms with Gasteiger partial charge in [0.1, 0.15) is 5.15 Å². The van der Waals surface area contributed by atoms with Crippen molar-refractivity contribution in [1.29, 1.82) is 0 Å². The van der Waals surface area contributed by atoms with Gasteiger partial charge in [-0.3, -0.25) is 14.9 Å². The molecule has 0 aliphatic heterocycles. The summed E-state index contributed by atoms with van der Waals surface area (Å²) in [6.45, 7) is 0. The molecule has 0 fully saturated rings. The van der Waals surface area contributed by atoms with E-state index in [9.17, 15) is 14.9 Å². The Balaban J connectivity index is 1.82. The molecule has 0 spiro atoms. The number of nitrogens with one attached hydrogen (secondary N) is 1. The number of fused-ring (bicyclic) bond motifs is 1. The number of carbonyl (C=O) groups excluding carboxylic acids is 1. The molecular weight excluding hydrogens is 379 g/mol. The van der Waals surface area contributed by atoms with Gasteiger partial charge in [-0.25, -0.2) is 10.4 Å². The van der Waals surface area contributed by atoms with Gasteiger partial charge in [0, 0.05) is 23.1 Å². The first-order chi connectivity index (χ1) is 12.5. The Morgan fingerprint density at radius 2 is 1.96 bits per heavy atom. The number of hydrogen-bond acceptors (Lipinski definition) is 5. The lowest BCUT2D eigenvalue weighted by Crippen LogP contribution is -2.18. The number of nitro benzene ring substituents is 1. The van der Waals surface area contributed by atoms with Gasteiger partial charge in [-0.1, -0.05) is 35.3 Å². The van der Waals surface area contributed by atoms with Gasteiger partial charge in [0.25, 0.3) is 11.6 Å². The van der Waals surface area contributed by atoms with Crippen molar-refractivity contribution in [2.24, 2.45) is 5.10 Å². The zero-order valence-corrected chi connectivity index (χ0v) is 14.5. The molecule has 0 radical (unpaired) electrons. The van der Waals surface area contributed by atoms with Crippen molar-refractivity contribution < 1.29 is 9.72 Å². The molecule has 1 aromatic heterocycles. The third-order valence-electron chi connectivity index (χ3n) is 3.48. The molecule has 9 heteroatoms. The lowest BCUT2D eigenvalue weighted by atomic mass is 10.1. The fourth-order valence-electron chi connectivity index (χ4n) is 2.22. The molecule has 0 bridgehead atoms. The zero-order valence-electron chi connectivity index (χ0n) is 13.0. The third kappa shape index (κ3) is 3.79. The highest BCUT2D eigenvalue weighted by molar-refractivity contribution is 6.34. The maximum atomic E-state index is 12.0. The van der Waals surface area contributed by atoms with Crippen LogP contribution in [0.5, 0.6) is 0 Å². The summed E-state index contributed by atoms with van der Waals surface area (Å²) in [7, 11) is 0. The first kappa shape index (κ1) is 17.8. The van der Waals surface area contributed by atoms with E-state index in [2.05, 4.69) is 15.5 Å². The Hall–Kier alpha value is -3.03. The van der Waals surface area contributed by atoms with Crippen molar-refractivity contribution in [3.05, 3.63) is 79.9 Å². The molecule has 3 rings (SSSR count). The Labute approximate surface area is 157 Å². The van der Waals surface area contributed by atoms with Gasteiger partial charge in [-0.2, -0.15) is 5.10 Å². The number of aromatic nitrogens is 1. The lowest BCUT2D eigenvalue weighted by Gasteiger charge is -2.03. The Bertz CT molecular complexity index is 1050. The number of rotatable bonds is 4. The van der Waals surface area contributed by atoms with Crippen molar-refractivity contribution in [2.75, 3.05) is 0 Å². The highest BCUT2D eigenvalue weighted by Gasteiger charge is 2.10. The van der Waals surface area contributed by atoms with Gasteiger partial charge in [0.2, 0.25) is 0 Å². The SMILES string of the molecule is O=C(N/N=C\c1cc2ccc([N+](=O)[O-])cc2nc1Cl)c1ccccc1Cl. The number of halogens is 2. The average molecular weight is 389 g/mol. The number of carbonyl (C=O) groups is 1. The Morgan fingerprint density at radius 1 is 1.19 bits per heavy atom. The fraction of sp³-hybridized carbons (Fsp3) is 0. The molecular formula is C17H10Cl2N4O3. The molecule has 1 amide bonds. The molecule has 0 unspecified atom stereocenters. The van der Waals surface area contributed by atoms with E-state index in [0.717, 1.165) is 0 Å². The van der Waals surface area contributed by atoms with E-state index in [1.54, 1.807) is 36.4 Å². The lowest BCUT2D eigenvalue weighted by molar-refractivity contribution is -0.384. The number of hydrogen-bond donors (Lipinski definition) is 1. The minimum atomic E-state index is -0.505. The van der Waals surface area contributed by atoms with Gasteiger partial charge in [-0.15, -0.1) is 0 Å². The summed E-state index contributed by atoms with van der Waals surface area (Å²) >= 11 is 12.0. The third-order valence-corrected chi connectivity index (χ3v) is 4.11. The molecule has 1 heterocycles. The van der Waals surface area contributed by atoms with Crippen LogP contribution in [0, 0.1) is 10.1 Å². The number of pyridine rings is 1.